The number of carbonyl (C=O) groups excluding carboxylic acids is 1. The minimum Gasteiger partial charge on any atom is -0.477 e. The lowest BCUT2D eigenvalue weighted by Crippen LogP contribution is -2.51. The number of fused-ring (bicyclic) bond motifs is 5. The van der Waals surface area contributed by atoms with E-state index in [2.05, 4.69) is 37.1 Å². The van der Waals surface area contributed by atoms with Crippen molar-refractivity contribution in [3.05, 3.63) is 35.5 Å². The first kappa shape index (κ1) is 23.8. The van der Waals surface area contributed by atoms with Gasteiger partial charge in [-0.2, -0.15) is 0 Å². The van der Waals surface area contributed by atoms with Crippen LogP contribution in [0, 0.1) is 40.4 Å². The van der Waals surface area contributed by atoms with Crippen LogP contribution in [0.2, 0.25) is 0 Å². The van der Waals surface area contributed by atoms with Crippen LogP contribution in [-0.2, 0) is 0 Å². The van der Waals surface area contributed by atoms with Gasteiger partial charge in [-0.05, 0) is 97.9 Å². The highest BCUT2D eigenvalue weighted by molar-refractivity contribution is 5.92. The van der Waals surface area contributed by atoms with Crippen LogP contribution in [0.4, 0.5) is 0 Å². The zero-order chi connectivity index (χ0) is 24.1. The largest absolute Gasteiger partial charge is 0.477 e. The maximum absolute atomic E-state index is 11.9. The van der Waals surface area contributed by atoms with Gasteiger partial charge in [-0.1, -0.05) is 38.5 Å². The summed E-state index contributed by atoms with van der Waals surface area (Å²) in [6, 6.07) is 5.40. The Hall–Kier alpha value is -1.88. The van der Waals surface area contributed by atoms with Crippen LogP contribution in [0.25, 0.3) is 0 Å². The van der Waals surface area contributed by atoms with Gasteiger partial charge in [0.15, 0.2) is 0 Å². The highest BCUT2D eigenvalue weighted by Crippen LogP contribution is 2.67. The molecule has 1 amide bonds. The lowest BCUT2D eigenvalue weighted by molar-refractivity contribution is -0.0592. The van der Waals surface area contributed by atoms with E-state index < -0.39 is 0 Å². The van der Waals surface area contributed by atoms with Crippen molar-refractivity contribution in [1.29, 1.82) is 0 Å². The number of nitrogens with zero attached hydrogens (tertiary/aromatic N) is 1. The van der Waals surface area contributed by atoms with Gasteiger partial charge in [-0.3, -0.25) is 4.79 Å². The molecule has 1 aromatic rings. The number of aliphatic hydroxyl groups is 1. The van der Waals surface area contributed by atoms with E-state index in [9.17, 15) is 9.90 Å². The molecule has 3 saturated carbocycles. The second kappa shape index (κ2) is 8.96. The normalized spacial score (nSPS) is 39.8. The molecule has 186 valence electrons. The molecule has 1 heterocycles. The summed E-state index contributed by atoms with van der Waals surface area (Å²) >= 11 is 0. The van der Waals surface area contributed by atoms with Crippen molar-refractivity contribution in [2.45, 2.75) is 78.2 Å². The number of hydrogen-bond acceptors (Lipinski definition) is 4. The molecule has 8 atom stereocenters. The molecule has 0 unspecified atom stereocenters. The highest BCUT2D eigenvalue weighted by atomic mass is 16.5. The number of aliphatic hydroxyl groups excluding tert-OH is 1. The number of hydrogen-bond donors (Lipinski definition) is 2. The van der Waals surface area contributed by atoms with Gasteiger partial charge in [0.2, 0.25) is 5.88 Å². The van der Waals surface area contributed by atoms with Crippen molar-refractivity contribution in [3.8, 4) is 5.88 Å². The maximum Gasteiger partial charge on any atom is 0.269 e. The number of aromatic nitrogens is 1. The van der Waals surface area contributed by atoms with E-state index in [4.69, 9.17) is 4.74 Å². The summed E-state index contributed by atoms with van der Waals surface area (Å²) in [5, 5.41) is 12.9. The number of allylic oxidation sites excluding steroid dienone is 1. The number of amides is 1. The molecule has 0 saturated heterocycles. The van der Waals surface area contributed by atoms with Gasteiger partial charge >= 0.3 is 0 Å². The zero-order valence-corrected chi connectivity index (χ0v) is 21.3. The maximum atomic E-state index is 11.9. The minimum atomic E-state index is -0.188. The average Bonchev–Trinajstić information content (AvgIpc) is 3.20. The topological polar surface area (TPSA) is 71.5 Å². The molecule has 0 aliphatic heterocycles. The summed E-state index contributed by atoms with van der Waals surface area (Å²) in [5.41, 5.74) is 2.63. The SMILES string of the molecule is CNC(=O)c1cccc(OC[C@@H](C)[C@H]2CC[C@H]3[C@@H]4CC=C5C[C@@H](O)CC[C@]5(C)[C@H]4CC[C@]23C)n1. The summed E-state index contributed by atoms with van der Waals surface area (Å²) in [4.78, 5) is 16.3. The van der Waals surface area contributed by atoms with E-state index in [1.807, 2.05) is 12.1 Å². The second-order valence-corrected chi connectivity index (χ2v) is 12.1. The van der Waals surface area contributed by atoms with Crippen LogP contribution in [0.1, 0.15) is 82.6 Å². The Morgan fingerprint density at radius 1 is 1.21 bits per heavy atom. The van der Waals surface area contributed by atoms with Crippen LogP contribution < -0.4 is 10.1 Å². The number of pyridine rings is 1. The van der Waals surface area contributed by atoms with Gasteiger partial charge in [0.25, 0.3) is 5.91 Å². The Balaban J connectivity index is 1.28. The fourth-order valence-corrected chi connectivity index (χ4v) is 8.70. The molecule has 3 fully saturated rings. The van der Waals surface area contributed by atoms with Crippen molar-refractivity contribution in [3.63, 3.8) is 0 Å². The fraction of sp³-hybridized carbons (Fsp3) is 0.724. The lowest BCUT2D eigenvalue weighted by Gasteiger charge is -2.58. The first-order valence-corrected chi connectivity index (χ1v) is 13.5. The molecular weight excluding hydrogens is 424 g/mol. The Labute approximate surface area is 204 Å². The third kappa shape index (κ3) is 3.88. The highest BCUT2D eigenvalue weighted by Gasteiger charge is 2.59. The molecular formula is C29H42N2O3. The molecule has 4 aliphatic carbocycles. The Kier molecular flexibility index (Phi) is 6.29. The van der Waals surface area contributed by atoms with Gasteiger partial charge in [0, 0.05) is 13.1 Å². The fourth-order valence-electron chi connectivity index (χ4n) is 8.70. The van der Waals surface area contributed by atoms with Gasteiger partial charge in [0.1, 0.15) is 5.69 Å². The lowest BCUT2D eigenvalue weighted by atomic mass is 9.47. The van der Waals surface area contributed by atoms with E-state index in [1.165, 1.54) is 32.1 Å². The van der Waals surface area contributed by atoms with Crippen molar-refractivity contribution in [1.82, 2.24) is 10.3 Å². The predicted octanol–water partition coefficient (Wildman–Crippen LogP) is 5.40. The molecule has 0 aromatic carbocycles. The predicted molar refractivity (Wildman–Crippen MR) is 133 cm³/mol. The number of rotatable bonds is 5. The molecule has 5 heteroatoms. The molecule has 0 radical (unpaired) electrons. The van der Waals surface area contributed by atoms with Gasteiger partial charge < -0.3 is 15.2 Å². The number of nitrogens with one attached hydrogen (secondary N) is 1. The van der Waals surface area contributed by atoms with Gasteiger partial charge in [-0.25, -0.2) is 4.98 Å². The molecule has 0 spiro atoms. The quantitative estimate of drug-likeness (QED) is 0.570. The number of ether oxygens (including phenoxy) is 1. The zero-order valence-electron chi connectivity index (χ0n) is 21.3. The summed E-state index contributed by atoms with van der Waals surface area (Å²) in [6.07, 6.45) is 11.9. The van der Waals surface area contributed by atoms with Crippen LogP contribution >= 0.6 is 0 Å². The Bertz CT molecular complexity index is 960. The van der Waals surface area contributed by atoms with E-state index in [-0.39, 0.29) is 12.0 Å². The van der Waals surface area contributed by atoms with Crippen molar-refractivity contribution < 1.29 is 14.6 Å². The average molecular weight is 467 g/mol. The minimum absolute atomic E-state index is 0.131. The third-order valence-corrected chi connectivity index (χ3v) is 10.5. The monoisotopic (exact) mass is 466 g/mol. The summed E-state index contributed by atoms with van der Waals surface area (Å²) in [5.74, 6) is 3.81. The molecule has 4 aliphatic rings. The third-order valence-electron chi connectivity index (χ3n) is 10.5. The van der Waals surface area contributed by atoms with Crippen LogP contribution in [-0.4, -0.2) is 35.8 Å². The van der Waals surface area contributed by atoms with Crippen molar-refractivity contribution in [2.24, 2.45) is 40.4 Å². The first-order valence-electron chi connectivity index (χ1n) is 13.5. The number of carbonyl (C=O) groups is 1. The van der Waals surface area contributed by atoms with Gasteiger partial charge in [-0.15, -0.1) is 0 Å². The van der Waals surface area contributed by atoms with E-state index in [1.54, 1.807) is 18.7 Å². The second-order valence-electron chi connectivity index (χ2n) is 12.1. The van der Waals surface area contributed by atoms with Crippen molar-refractivity contribution in [2.75, 3.05) is 13.7 Å². The van der Waals surface area contributed by atoms with Crippen LogP contribution in [0.3, 0.4) is 0 Å². The van der Waals surface area contributed by atoms with E-state index in [0.717, 1.165) is 37.0 Å². The van der Waals surface area contributed by atoms with E-state index in [0.29, 0.717) is 40.8 Å². The Morgan fingerprint density at radius 3 is 2.82 bits per heavy atom. The standard InChI is InChI=1S/C29H42N2O3/c1-18(17-34-26-7-5-6-25(31-26)27(33)30-4)22-10-11-23-21-9-8-19-16-20(32)12-14-28(19,2)24(21)13-15-29(22,23)3/h5-8,18,20-24,32H,9-17H2,1-4H3,(H,30,33)/t18-,20+,21+,22-,23+,24+,28+,29-/m1/s1. The molecule has 1 aromatic heterocycles. The molecule has 2 N–H and O–H groups in total. The van der Waals surface area contributed by atoms with Crippen LogP contribution in [0.5, 0.6) is 5.88 Å². The summed E-state index contributed by atoms with van der Waals surface area (Å²) in [6.45, 7) is 8.06. The van der Waals surface area contributed by atoms with E-state index >= 15 is 0 Å². The van der Waals surface area contributed by atoms with Crippen LogP contribution in [0.15, 0.2) is 29.8 Å². The summed E-state index contributed by atoms with van der Waals surface area (Å²) < 4.78 is 6.12. The molecule has 5 nitrogen and oxygen atoms in total. The summed E-state index contributed by atoms with van der Waals surface area (Å²) in [7, 11) is 1.62. The molecule has 5 rings (SSSR count). The molecule has 0 bridgehead atoms. The smallest absolute Gasteiger partial charge is 0.269 e. The van der Waals surface area contributed by atoms with Crippen molar-refractivity contribution >= 4 is 5.91 Å². The Morgan fingerprint density at radius 2 is 2.03 bits per heavy atom. The first-order chi connectivity index (χ1) is 16.3. The molecule has 34 heavy (non-hydrogen) atoms. The van der Waals surface area contributed by atoms with Gasteiger partial charge in [0.05, 0.1) is 12.7 Å².